The zero-order valence-electron chi connectivity index (χ0n) is 18.8. The van der Waals surface area contributed by atoms with Crippen LogP contribution in [0.5, 0.6) is 0 Å². The van der Waals surface area contributed by atoms with Crippen molar-refractivity contribution in [3.63, 3.8) is 0 Å². The number of imide groups is 1. The van der Waals surface area contributed by atoms with Crippen molar-refractivity contribution in [3.05, 3.63) is 95.1 Å². The number of nitrogens with zero attached hydrogens (tertiary/aromatic N) is 1. The number of alkyl halides is 3. The highest BCUT2D eigenvalue weighted by Gasteiger charge is 2.31. The monoisotopic (exact) mass is 495 g/mol. The van der Waals surface area contributed by atoms with Gasteiger partial charge in [0.2, 0.25) is 11.8 Å². The summed E-state index contributed by atoms with van der Waals surface area (Å²) < 4.78 is 38.7. The van der Waals surface area contributed by atoms with Crippen LogP contribution in [0.2, 0.25) is 0 Å². The first-order valence-corrected chi connectivity index (χ1v) is 10.9. The number of carbonyl (C=O) groups is 4. The molecule has 3 aromatic carbocycles. The Bertz CT molecular complexity index is 1350. The number of benzene rings is 3. The summed E-state index contributed by atoms with van der Waals surface area (Å²) in [6.45, 7) is -0.104. The van der Waals surface area contributed by atoms with Crippen LogP contribution >= 0.6 is 0 Å². The first kappa shape index (κ1) is 24.6. The minimum absolute atomic E-state index is 0.0262. The Hall–Kier alpha value is -4.47. The number of fused-ring (bicyclic) bond motifs is 1. The Morgan fingerprint density at radius 3 is 2.31 bits per heavy atom. The van der Waals surface area contributed by atoms with Gasteiger partial charge in [0.05, 0.1) is 12.0 Å². The third-order valence-corrected chi connectivity index (χ3v) is 5.55. The minimum Gasteiger partial charge on any atom is -0.326 e. The van der Waals surface area contributed by atoms with Crippen molar-refractivity contribution in [2.45, 2.75) is 19.0 Å². The third kappa shape index (κ3) is 5.60. The van der Waals surface area contributed by atoms with Crippen molar-refractivity contribution in [2.24, 2.45) is 0 Å². The first-order chi connectivity index (χ1) is 17.1. The summed E-state index contributed by atoms with van der Waals surface area (Å²) in [6.07, 6.45) is -4.62. The maximum atomic E-state index is 12.9. The molecule has 4 rings (SSSR count). The molecule has 36 heavy (non-hydrogen) atoms. The normalized spacial score (nSPS) is 13.2. The number of amides is 4. The molecular weight excluding hydrogens is 475 g/mol. The van der Waals surface area contributed by atoms with Crippen LogP contribution in [-0.4, -0.2) is 35.1 Å². The summed E-state index contributed by atoms with van der Waals surface area (Å²) in [5.41, 5.74) is 0.545. The molecule has 0 bridgehead atoms. The van der Waals surface area contributed by atoms with Crippen LogP contribution in [0.15, 0.2) is 72.8 Å². The molecule has 0 unspecified atom stereocenters. The Kier molecular flexibility index (Phi) is 6.86. The fraction of sp³-hybridized carbons (Fsp3) is 0.154. The lowest BCUT2D eigenvalue weighted by atomic mass is 9.98. The molecule has 2 N–H and O–H groups in total. The molecule has 0 saturated heterocycles. The molecule has 0 fully saturated rings. The van der Waals surface area contributed by atoms with E-state index in [1.54, 1.807) is 24.3 Å². The predicted molar refractivity (Wildman–Crippen MR) is 125 cm³/mol. The van der Waals surface area contributed by atoms with Crippen LogP contribution < -0.4 is 10.6 Å². The van der Waals surface area contributed by atoms with Gasteiger partial charge in [-0.25, -0.2) is 0 Å². The minimum atomic E-state index is -4.54. The number of hydrogen-bond donors (Lipinski definition) is 2. The molecule has 3 aromatic rings. The van der Waals surface area contributed by atoms with Crippen molar-refractivity contribution in [1.82, 2.24) is 4.90 Å². The summed E-state index contributed by atoms with van der Waals surface area (Å²) in [4.78, 5) is 51.0. The second-order valence-corrected chi connectivity index (χ2v) is 8.10. The highest BCUT2D eigenvalue weighted by atomic mass is 19.4. The second-order valence-electron chi connectivity index (χ2n) is 8.10. The van der Waals surface area contributed by atoms with Crippen molar-refractivity contribution in [1.29, 1.82) is 0 Å². The van der Waals surface area contributed by atoms with Crippen molar-refractivity contribution >= 4 is 35.0 Å². The van der Waals surface area contributed by atoms with E-state index < -0.39 is 29.5 Å². The van der Waals surface area contributed by atoms with E-state index >= 15 is 0 Å². The zero-order valence-corrected chi connectivity index (χ0v) is 18.8. The molecule has 7 nitrogen and oxygen atoms in total. The molecule has 0 aromatic heterocycles. The quantitative estimate of drug-likeness (QED) is 0.492. The first-order valence-electron chi connectivity index (χ1n) is 10.9. The van der Waals surface area contributed by atoms with E-state index in [1.165, 1.54) is 36.4 Å². The van der Waals surface area contributed by atoms with Crippen molar-refractivity contribution < 1.29 is 32.3 Å². The lowest BCUT2D eigenvalue weighted by Crippen LogP contribution is -2.43. The predicted octanol–water partition coefficient (Wildman–Crippen LogP) is 4.51. The summed E-state index contributed by atoms with van der Waals surface area (Å²) in [7, 11) is 0. The standard InChI is InChI=1S/C26H20F3N3O4/c27-26(28,29)18-7-4-9-20(15-18)31-24(35)17-6-3-8-19(13-17)30-22(33)11-12-32-23(34)14-16-5-1-2-10-21(16)25(32)36/h1-10,13,15H,11-12,14H2,(H,30,33)(H,31,35). The average molecular weight is 495 g/mol. The Balaban J connectivity index is 1.36. The fourth-order valence-electron chi connectivity index (χ4n) is 3.78. The molecule has 1 heterocycles. The van der Waals surface area contributed by atoms with Crippen LogP contribution in [0.3, 0.4) is 0 Å². The van der Waals surface area contributed by atoms with Gasteiger partial charge in [0, 0.05) is 35.5 Å². The number of nitrogens with one attached hydrogen (secondary N) is 2. The highest BCUT2D eigenvalue weighted by Crippen LogP contribution is 2.30. The number of halogens is 3. The lowest BCUT2D eigenvalue weighted by molar-refractivity contribution is -0.137. The number of rotatable bonds is 6. The van der Waals surface area contributed by atoms with Gasteiger partial charge in [-0.2, -0.15) is 13.2 Å². The van der Waals surface area contributed by atoms with Gasteiger partial charge in [-0.1, -0.05) is 30.3 Å². The molecule has 10 heteroatoms. The topological polar surface area (TPSA) is 95.6 Å². The van der Waals surface area contributed by atoms with Gasteiger partial charge in [0.15, 0.2) is 0 Å². The summed E-state index contributed by atoms with van der Waals surface area (Å²) >= 11 is 0. The Labute approximate surface area is 203 Å². The van der Waals surface area contributed by atoms with Gasteiger partial charge in [-0.3, -0.25) is 24.1 Å². The van der Waals surface area contributed by atoms with Crippen LogP contribution in [0.1, 0.15) is 38.3 Å². The van der Waals surface area contributed by atoms with Crippen LogP contribution in [-0.2, 0) is 22.2 Å². The molecule has 4 amide bonds. The van der Waals surface area contributed by atoms with Gasteiger partial charge >= 0.3 is 6.18 Å². The summed E-state index contributed by atoms with van der Waals surface area (Å²) in [5.74, 6) is -1.99. The lowest BCUT2D eigenvalue weighted by Gasteiger charge is -2.26. The summed E-state index contributed by atoms with van der Waals surface area (Å²) in [6, 6.07) is 16.9. The van der Waals surface area contributed by atoms with Gasteiger partial charge < -0.3 is 10.6 Å². The van der Waals surface area contributed by atoms with E-state index in [-0.39, 0.29) is 42.2 Å². The zero-order chi connectivity index (χ0) is 25.9. The van der Waals surface area contributed by atoms with E-state index in [9.17, 15) is 32.3 Å². The maximum absolute atomic E-state index is 12.9. The molecule has 184 valence electrons. The van der Waals surface area contributed by atoms with Crippen molar-refractivity contribution in [2.75, 3.05) is 17.2 Å². The van der Waals surface area contributed by atoms with Gasteiger partial charge in [-0.15, -0.1) is 0 Å². The Morgan fingerprint density at radius 2 is 1.56 bits per heavy atom. The van der Waals surface area contributed by atoms with Crippen molar-refractivity contribution in [3.8, 4) is 0 Å². The molecule has 1 aliphatic heterocycles. The smallest absolute Gasteiger partial charge is 0.326 e. The molecule has 0 saturated carbocycles. The SMILES string of the molecule is O=C(CCN1C(=O)Cc2ccccc2C1=O)Nc1cccc(C(=O)Nc2cccc(C(F)(F)F)c2)c1. The van der Waals surface area contributed by atoms with E-state index in [1.807, 2.05) is 0 Å². The molecule has 0 aliphatic carbocycles. The van der Waals surface area contributed by atoms with E-state index in [2.05, 4.69) is 10.6 Å². The fourth-order valence-corrected chi connectivity index (χ4v) is 3.78. The third-order valence-electron chi connectivity index (χ3n) is 5.55. The Morgan fingerprint density at radius 1 is 0.861 bits per heavy atom. The summed E-state index contributed by atoms with van der Waals surface area (Å²) in [5, 5.41) is 5.01. The van der Waals surface area contributed by atoms with Gasteiger partial charge in [-0.05, 0) is 48.0 Å². The van der Waals surface area contributed by atoms with E-state index in [0.717, 1.165) is 17.0 Å². The van der Waals surface area contributed by atoms with Crippen LogP contribution in [0, 0.1) is 0 Å². The largest absolute Gasteiger partial charge is 0.416 e. The molecular formula is C26H20F3N3O4. The molecule has 0 spiro atoms. The van der Waals surface area contributed by atoms with Gasteiger partial charge in [0.1, 0.15) is 0 Å². The number of anilines is 2. The van der Waals surface area contributed by atoms with E-state index in [0.29, 0.717) is 11.1 Å². The molecule has 0 radical (unpaired) electrons. The molecule has 1 aliphatic rings. The van der Waals surface area contributed by atoms with Gasteiger partial charge in [0.25, 0.3) is 11.8 Å². The highest BCUT2D eigenvalue weighted by molar-refractivity contribution is 6.10. The van der Waals surface area contributed by atoms with E-state index in [4.69, 9.17) is 0 Å². The molecule has 0 atom stereocenters. The van der Waals surface area contributed by atoms with Crippen LogP contribution in [0.25, 0.3) is 0 Å². The maximum Gasteiger partial charge on any atom is 0.416 e. The van der Waals surface area contributed by atoms with Crippen LogP contribution in [0.4, 0.5) is 24.5 Å². The average Bonchev–Trinajstić information content (AvgIpc) is 2.83. The number of hydrogen-bond acceptors (Lipinski definition) is 4. The number of carbonyl (C=O) groups excluding carboxylic acids is 4. The second kappa shape index (κ2) is 10.0.